The van der Waals surface area contributed by atoms with Crippen molar-refractivity contribution in [2.75, 3.05) is 13.2 Å². The first-order valence-electron chi connectivity index (χ1n) is 6.05. The van der Waals surface area contributed by atoms with E-state index in [2.05, 4.69) is 39.0 Å². The maximum absolute atomic E-state index is 6.05. The van der Waals surface area contributed by atoms with Crippen LogP contribution in [0.5, 0.6) is 0 Å². The summed E-state index contributed by atoms with van der Waals surface area (Å²) >= 11 is 0. The summed E-state index contributed by atoms with van der Waals surface area (Å²) in [6.45, 7) is 3.81. The van der Waals surface area contributed by atoms with Gasteiger partial charge < -0.3 is 9.47 Å². The van der Waals surface area contributed by atoms with Crippen LogP contribution in [0.1, 0.15) is 31.4 Å². The molecule has 0 N–H and O–H groups in total. The summed E-state index contributed by atoms with van der Waals surface area (Å²) in [6, 6.07) is 8.54. The van der Waals surface area contributed by atoms with Crippen molar-refractivity contribution in [3.05, 3.63) is 29.8 Å². The Kier molecular flexibility index (Phi) is 4.02. The quantitative estimate of drug-likeness (QED) is 0.710. The minimum absolute atomic E-state index is 0.183. The molecule has 0 bridgehead atoms. The third-order valence-corrected chi connectivity index (χ3v) is 3.08. The minimum atomic E-state index is 0.183. The molecule has 0 amide bonds. The van der Waals surface area contributed by atoms with Gasteiger partial charge in [-0.2, -0.15) is 0 Å². The number of rotatable bonds is 3. The zero-order valence-electron chi connectivity index (χ0n) is 10.1. The second-order valence-electron chi connectivity index (χ2n) is 4.50. The van der Waals surface area contributed by atoms with E-state index < -0.39 is 0 Å². The summed E-state index contributed by atoms with van der Waals surface area (Å²) in [5, 5.41) is 0. The Morgan fingerprint density at radius 1 is 1.38 bits per heavy atom. The van der Waals surface area contributed by atoms with Gasteiger partial charge in [0.05, 0.1) is 12.2 Å². The van der Waals surface area contributed by atoms with Crippen molar-refractivity contribution in [2.45, 2.75) is 32.0 Å². The van der Waals surface area contributed by atoms with Crippen LogP contribution in [0.2, 0.25) is 0 Å². The van der Waals surface area contributed by atoms with Gasteiger partial charge in [-0.15, -0.1) is 0 Å². The van der Waals surface area contributed by atoms with E-state index in [1.807, 2.05) is 0 Å². The molecule has 1 fully saturated rings. The highest BCUT2D eigenvalue weighted by atomic mass is 16.5. The lowest BCUT2D eigenvalue weighted by molar-refractivity contribution is -0.0635. The van der Waals surface area contributed by atoms with Gasteiger partial charge >= 0.3 is 0 Å². The van der Waals surface area contributed by atoms with Gasteiger partial charge in [-0.3, -0.25) is 0 Å². The average Bonchev–Trinajstić information content (AvgIpc) is 2.30. The molecule has 1 aliphatic rings. The Morgan fingerprint density at radius 3 is 2.81 bits per heavy atom. The topological polar surface area (TPSA) is 18.5 Å². The standard InChI is InChI=1S/C13H19BO2/c1-10(11-3-2-4-12(14)9-11)16-13-5-7-15-8-6-13/h2-4,9-10,13H,5-8,14H2,1H3. The van der Waals surface area contributed by atoms with E-state index in [0.29, 0.717) is 6.10 Å². The third-order valence-electron chi connectivity index (χ3n) is 3.08. The van der Waals surface area contributed by atoms with Crippen LogP contribution in [-0.4, -0.2) is 27.2 Å². The molecule has 1 unspecified atom stereocenters. The van der Waals surface area contributed by atoms with Crippen molar-refractivity contribution in [1.82, 2.24) is 0 Å². The molecule has 16 heavy (non-hydrogen) atoms. The Labute approximate surface area is 98.4 Å². The summed E-state index contributed by atoms with van der Waals surface area (Å²) in [5.74, 6) is 0. The highest BCUT2D eigenvalue weighted by Crippen LogP contribution is 2.21. The van der Waals surface area contributed by atoms with E-state index in [4.69, 9.17) is 9.47 Å². The molecule has 1 aromatic carbocycles. The van der Waals surface area contributed by atoms with Crippen molar-refractivity contribution >= 4 is 13.3 Å². The van der Waals surface area contributed by atoms with Crippen LogP contribution in [0, 0.1) is 0 Å². The fraction of sp³-hybridized carbons (Fsp3) is 0.538. The van der Waals surface area contributed by atoms with E-state index in [1.165, 1.54) is 11.0 Å². The average molecular weight is 218 g/mol. The van der Waals surface area contributed by atoms with Crippen LogP contribution in [0.4, 0.5) is 0 Å². The molecular formula is C13H19BO2. The number of hydrogen-bond donors (Lipinski definition) is 0. The van der Waals surface area contributed by atoms with E-state index in [1.54, 1.807) is 0 Å². The van der Waals surface area contributed by atoms with Gasteiger partial charge in [0, 0.05) is 13.2 Å². The van der Waals surface area contributed by atoms with Gasteiger partial charge in [0.25, 0.3) is 0 Å². The van der Waals surface area contributed by atoms with E-state index in [-0.39, 0.29) is 6.10 Å². The zero-order chi connectivity index (χ0) is 11.4. The van der Waals surface area contributed by atoms with Gasteiger partial charge in [0.2, 0.25) is 0 Å². The molecule has 1 atom stereocenters. The van der Waals surface area contributed by atoms with Crippen LogP contribution in [0.25, 0.3) is 0 Å². The monoisotopic (exact) mass is 218 g/mol. The number of benzene rings is 1. The van der Waals surface area contributed by atoms with Gasteiger partial charge in [0.1, 0.15) is 7.85 Å². The molecule has 0 radical (unpaired) electrons. The van der Waals surface area contributed by atoms with Gasteiger partial charge in [-0.25, -0.2) is 0 Å². The van der Waals surface area contributed by atoms with Crippen LogP contribution in [0.15, 0.2) is 24.3 Å². The molecule has 1 aliphatic heterocycles. The Bertz CT molecular complexity index is 334. The van der Waals surface area contributed by atoms with Gasteiger partial charge in [-0.1, -0.05) is 29.7 Å². The summed E-state index contributed by atoms with van der Waals surface area (Å²) in [4.78, 5) is 0. The molecule has 1 heterocycles. The first-order valence-corrected chi connectivity index (χ1v) is 6.05. The molecule has 2 rings (SSSR count). The molecule has 0 spiro atoms. The van der Waals surface area contributed by atoms with Crippen LogP contribution < -0.4 is 5.46 Å². The predicted octanol–water partition coefficient (Wildman–Crippen LogP) is 1.20. The second-order valence-corrected chi connectivity index (χ2v) is 4.50. The van der Waals surface area contributed by atoms with Crippen molar-refractivity contribution in [2.24, 2.45) is 0 Å². The van der Waals surface area contributed by atoms with E-state index in [0.717, 1.165) is 26.1 Å². The normalized spacial score (nSPS) is 19.6. The molecule has 0 saturated carbocycles. The second kappa shape index (κ2) is 5.51. The van der Waals surface area contributed by atoms with E-state index >= 15 is 0 Å². The molecule has 3 heteroatoms. The minimum Gasteiger partial charge on any atom is -0.381 e. The Morgan fingerprint density at radius 2 is 2.12 bits per heavy atom. The maximum atomic E-state index is 6.05. The van der Waals surface area contributed by atoms with E-state index in [9.17, 15) is 0 Å². The third kappa shape index (κ3) is 3.10. The SMILES string of the molecule is Bc1cccc(C(C)OC2CCOCC2)c1. The van der Waals surface area contributed by atoms with Crippen LogP contribution >= 0.6 is 0 Å². The molecule has 1 aromatic rings. The smallest absolute Gasteiger partial charge is 0.139 e. The summed E-state index contributed by atoms with van der Waals surface area (Å²) in [7, 11) is 2.12. The summed E-state index contributed by atoms with van der Waals surface area (Å²) in [6.07, 6.45) is 2.60. The summed E-state index contributed by atoms with van der Waals surface area (Å²) < 4.78 is 11.4. The molecule has 0 aromatic heterocycles. The molecular weight excluding hydrogens is 199 g/mol. The maximum Gasteiger partial charge on any atom is 0.139 e. The highest BCUT2D eigenvalue weighted by Gasteiger charge is 2.17. The van der Waals surface area contributed by atoms with Crippen molar-refractivity contribution in [3.63, 3.8) is 0 Å². The zero-order valence-corrected chi connectivity index (χ0v) is 10.1. The number of hydrogen-bond acceptors (Lipinski definition) is 2. The first kappa shape index (κ1) is 11.7. The fourth-order valence-corrected chi connectivity index (χ4v) is 2.10. The molecule has 2 nitrogen and oxygen atoms in total. The molecule has 0 aliphatic carbocycles. The van der Waals surface area contributed by atoms with Crippen molar-refractivity contribution < 1.29 is 9.47 Å². The van der Waals surface area contributed by atoms with Crippen molar-refractivity contribution in [1.29, 1.82) is 0 Å². The summed E-state index contributed by atoms with van der Waals surface area (Å²) in [5.41, 5.74) is 2.56. The molecule has 86 valence electrons. The highest BCUT2D eigenvalue weighted by molar-refractivity contribution is 6.32. The largest absolute Gasteiger partial charge is 0.381 e. The van der Waals surface area contributed by atoms with Gasteiger partial charge in [-0.05, 0) is 25.3 Å². The first-order chi connectivity index (χ1) is 7.75. The Balaban J connectivity index is 1.94. The van der Waals surface area contributed by atoms with Crippen molar-refractivity contribution in [3.8, 4) is 0 Å². The lowest BCUT2D eigenvalue weighted by Gasteiger charge is -2.26. The van der Waals surface area contributed by atoms with Crippen LogP contribution in [0.3, 0.4) is 0 Å². The van der Waals surface area contributed by atoms with Gasteiger partial charge in [0.15, 0.2) is 0 Å². The van der Waals surface area contributed by atoms with Crippen LogP contribution in [-0.2, 0) is 9.47 Å². The lowest BCUT2D eigenvalue weighted by atomic mass is 9.93. The molecule has 1 saturated heterocycles. The Hall–Kier alpha value is -0.795. The fourth-order valence-electron chi connectivity index (χ4n) is 2.10. The lowest BCUT2D eigenvalue weighted by Crippen LogP contribution is -2.24. The predicted molar refractivity (Wildman–Crippen MR) is 68.0 cm³/mol. The number of ether oxygens (including phenoxy) is 2.